The summed E-state index contributed by atoms with van der Waals surface area (Å²) in [5, 5.41) is 0. The second-order valence-electron chi connectivity index (χ2n) is 2.74. The van der Waals surface area contributed by atoms with Crippen LogP contribution in [0.15, 0.2) is 12.3 Å². The Morgan fingerprint density at radius 3 is 2.85 bits per heavy atom. The van der Waals surface area contributed by atoms with Crippen LogP contribution in [-0.4, -0.2) is 13.4 Å². The number of aromatic nitrogens is 1. The average molecular weight is 269 g/mol. The molecule has 0 aliphatic carbocycles. The summed E-state index contributed by atoms with van der Waals surface area (Å²) < 4.78 is 25.7. The second kappa shape index (κ2) is 4.06. The number of aryl methyl sites for hydroxylation is 1. The van der Waals surface area contributed by atoms with Crippen LogP contribution in [0.4, 0.5) is 5.69 Å². The van der Waals surface area contributed by atoms with Crippen LogP contribution in [0.3, 0.4) is 0 Å². The van der Waals surface area contributed by atoms with Crippen molar-refractivity contribution in [3.05, 3.63) is 28.2 Å². The molecule has 0 saturated carbocycles. The van der Waals surface area contributed by atoms with E-state index in [2.05, 4.69) is 9.71 Å². The molecule has 2 heterocycles. The fourth-order valence-electron chi connectivity index (χ4n) is 1.18. The molecule has 0 unspecified atom stereocenters. The summed E-state index contributed by atoms with van der Waals surface area (Å²) in [5.41, 5.74) is 1.95. The van der Waals surface area contributed by atoms with Gasteiger partial charge in [-0.05, 0) is 13.0 Å². The molecule has 2 rings (SSSR count). The van der Waals surface area contributed by atoms with Crippen LogP contribution in [0, 0.1) is 6.92 Å². The summed E-state index contributed by atoms with van der Waals surface area (Å²) in [6.45, 7) is 1.82. The number of nitrogens with zero attached hydrogens (tertiary/aromatic N) is 2. The molecule has 1 aliphatic rings. The van der Waals surface area contributed by atoms with E-state index in [1.165, 1.54) is 0 Å². The third-order valence-electron chi connectivity index (χ3n) is 1.75. The molecular formula is C7H7N2O2RbS. The van der Waals surface area contributed by atoms with Crippen molar-refractivity contribution in [3.8, 4) is 0 Å². The monoisotopic (exact) mass is 268 g/mol. The third kappa shape index (κ3) is 2.39. The van der Waals surface area contributed by atoms with E-state index in [-0.39, 0.29) is 63.9 Å². The zero-order valence-electron chi connectivity index (χ0n) is 7.48. The van der Waals surface area contributed by atoms with Gasteiger partial charge in [0.25, 0.3) is 0 Å². The van der Waals surface area contributed by atoms with E-state index in [1.54, 1.807) is 12.3 Å². The van der Waals surface area contributed by atoms with E-state index in [0.29, 0.717) is 11.4 Å². The molecule has 0 radical (unpaired) electrons. The Bertz CT molecular complexity index is 430. The van der Waals surface area contributed by atoms with E-state index < -0.39 is 10.0 Å². The molecule has 6 heteroatoms. The first-order valence-corrected chi connectivity index (χ1v) is 5.09. The van der Waals surface area contributed by atoms with Crippen molar-refractivity contribution in [2.45, 2.75) is 12.7 Å². The molecule has 0 aromatic carbocycles. The molecule has 0 fully saturated rings. The molecule has 4 nitrogen and oxygen atoms in total. The Morgan fingerprint density at radius 1 is 1.54 bits per heavy atom. The van der Waals surface area contributed by atoms with Crippen molar-refractivity contribution >= 4 is 15.7 Å². The van der Waals surface area contributed by atoms with Crippen molar-refractivity contribution in [3.63, 3.8) is 0 Å². The summed E-state index contributed by atoms with van der Waals surface area (Å²) in [5.74, 6) is -0.0516. The Balaban J connectivity index is 0.000000845. The molecule has 0 spiro atoms. The Kier molecular flexibility index (Phi) is 3.68. The maximum atomic E-state index is 11.0. The van der Waals surface area contributed by atoms with Gasteiger partial charge < -0.3 is 4.72 Å². The topological polar surface area (TPSA) is 61.1 Å². The first kappa shape index (κ1) is 11.8. The van der Waals surface area contributed by atoms with Gasteiger partial charge in [-0.1, -0.05) is 5.56 Å². The van der Waals surface area contributed by atoms with Gasteiger partial charge >= 0.3 is 58.2 Å². The van der Waals surface area contributed by atoms with Gasteiger partial charge in [-0.2, -0.15) is 0 Å². The second-order valence-corrected chi connectivity index (χ2v) is 4.38. The van der Waals surface area contributed by atoms with E-state index >= 15 is 0 Å². The van der Waals surface area contributed by atoms with Crippen LogP contribution in [0.2, 0.25) is 0 Å². The normalized spacial score (nSPS) is 17.0. The maximum absolute atomic E-state index is 11.0. The van der Waals surface area contributed by atoms with Gasteiger partial charge in [0.2, 0.25) is 0 Å². The summed E-state index contributed by atoms with van der Waals surface area (Å²) >= 11 is 0. The van der Waals surface area contributed by atoms with Crippen molar-refractivity contribution in [2.75, 3.05) is 0 Å². The first-order chi connectivity index (χ1) is 5.58. The van der Waals surface area contributed by atoms with Crippen LogP contribution >= 0.6 is 0 Å². The van der Waals surface area contributed by atoms with Gasteiger partial charge in [0.05, 0.1) is 15.8 Å². The Hall–Kier alpha value is 0.705. The molecule has 0 saturated heterocycles. The minimum Gasteiger partial charge on any atom is -0.575 e. The van der Waals surface area contributed by atoms with E-state index in [0.717, 1.165) is 5.56 Å². The number of pyridine rings is 1. The summed E-state index contributed by atoms with van der Waals surface area (Å²) in [4.78, 5) is 3.94. The van der Waals surface area contributed by atoms with Crippen molar-refractivity contribution in [1.82, 2.24) is 4.98 Å². The minimum absolute atomic E-state index is 0. The van der Waals surface area contributed by atoms with Crippen molar-refractivity contribution in [1.29, 1.82) is 0 Å². The molecule has 0 amide bonds. The van der Waals surface area contributed by atoms with Gasteiger partial charge in [-0.15, -0.1) is 5.69 Å². The molecule has 0 N–H and O–H groups in total. The fourth-order valence-corrected chi connectivity index (χ4v) is 2.33. The SMILES string of the molecule is Cc1ccnc2c1[N-]S(=O)(=O)C2.[Rb+]. The number of fused-ring (bicyclic) bond motifs is 1. The number of rotatable bonds is 0. The molecule has 64 valence electrons. The maximum Gasteiger partial charge on any atom is 1.00 e. The zero-order chi connectivity index (χ0) is 8.77. The quantitative estimate of drug-likeness (QED) is 0.560. The van der Waals surface area contributed by atoms with Crippen LogP contribution < -0.4 is 58.2 Å². The van der Waals surface area contributed by atoms with Gasteiger partial charge in [0.1, 0.15) is 0 Å². The van der Waals surface area contributed by atoms with Crippen molar-refractivity contribution < 1.29 is 66.6 Å². The van der Waals surface area contributed by atoms with Gasteiger partial charge in [-0.3, -0.25) is 4.98 Å². The van der Waals surface area contributed by atoms with E-state index in [9.17, 15) is 8.42 Å². The number of sulfonamides is 1. The zero-order valence-corrected chi connectivity index (χ0v) is 13.2. The summed E-state index contributed by atoms with van der Waals surface area (Å²) in [6.07, 6.45) is 1.60. The predicted octanol–water partition coefficient (Wildman–Crippen LogP) is -1.76. The minimum atomic E-state index is -3.27. The number of hydrogen-bond acceptors (Lipinski definition) is 3. The standard InChI is InChI=1S/C7H7N2O2S.Rb/c1-5-2-3-8-6-4-12(10,11)9-7(5)6;/h2-3H,4H2,1H3;/q-1;+1. The largest absolute Gasteiger partial charge is 1.00 e. The fraction of sp³-hybridized carbons (Fsp3) is 0.286. The molecule has 1 aromatic rings. The Labute approximate surface area is 126 Å². The van der Waals surface area contributed by atoms with Crippen LogP contribution in [0.1, 0.15) is 11.3 Å². The molecule has 1 aromatic heterocycles. The number of hydrogen-bond donors (Lipinski definition) is 0. The van der Waals surface area contributed by atoms with Crippen LogP contribution in [0.25, 0.3) is 4.72 Å². The average Bonchev–Trinajstić information content (AvgIpc) is 2.25. The molecule has 0 bridgehead atoms. The third-order valence-corrected chi connectivity index (χ3v) is 2.85. The van der Waals surface area contributed by atoms with Gasteiger partial charge in [0, 0.05) is 11.9 Å². The molecule has 13 heavy (non-hydrogen) atoms. The van der Waals surface area contributed by atoms with Crippen LogP contribution in [-0.2, 0) is 15.8 Å². The summed E-state index contributed by atoms with van der Waals surface area (Å²) in [7, 11) is -3.27. The van der Waals surface area contributed by atoms with E-state index in [1.807, 2.05) is 6.92 Å². The molecule has 0 atom stereocenters. The van der Waals surface area contributed by atoms with Crippen LogP contribution in [0.5, 0.6) is 0 Å². The smallest absolute Gasteiger partial charge is 0.575 e. The van der Waals surface area contributed by atoms with Gasteiger partial charge in [0.15, 0.2) is 0 Å². The molecule has 1 aliphatic heterocycles. The Morgan fingerprint density at radius 2 is 2.23 bits per heavy atom. The predicted molar refractivity (Wildman–Crippen MR) is 44.6 cm³/mol. The molecular weight excluding hydrogens is 262 g/mol. The first-order valence-electron chi connectivity index (χ1n) is 3.49. The van der Waals surface area contributed by atoms with Crippen molar-refractivity contribution in [2.24, 2.45) is 0 Å². The van der Waals surface area contributed by atoms with Gasteiger partial charge in [-0.25, -0.2) is 8.42 Å². The summed E-state index contributed by atoms with van der Waals surface area (Å²) in [6, 6.07) is 1.75. The van der Waals surface area contributed by atoms with E-state index in [4.69, 9.17) is 0 Å².